The summed E-state index contributed by atoms with van der Waals surface area (Å²) in [5.41, 5.74) is 8.42. The topological polar surface area (TPSA) is 38.9 Å². The minimum Gasteiger partial charge on any atom is -0.320 e. The number of rotatable bonds is 2. The summed E-state index contributed by atoms with van der Waals surface area (Å²) in [5, 5.41) is 0. The molecule has 0 amide bonds. The Morgan fingerprint density at radius 3 is 2.44 bits per heavy atom. The molecule has 2 nitrogen and oxygen atoms in total. The van der Waals surface area contributed by atoms with Gasteiger partial charge in [-0.15, -0.1) is 0 Å². The number of benzene rings is 1. The van der Waals surface area contributed by atoms with E-state index in [0.29, 0.717) is 11.1 Å². The second-order valence-corrected chi connectivity index (χ2v) is 4.39. The number of halogens is 2. The number of hydrogen-bond acceptors (Lipinski definition) is 2. The lowest BCUT2D eigenvalue weighted by molar-refractivity contribution is 0.590. The molecule has 0 saturated carbocycles. The third kappa shape index (κ3) is 2.38. The van der Waals surface area contributed by atoms with E-state index < -0.39 is 11.9 Å². The van der Waals surface area contributed by atoms with Crippen molar-refractivity contribution in [3.63, 3.8) is 0 Å². The van der Waals surface area contributed by atoms with Gasteiger partial charge in [-0.2, -0.15) is 0 Å². The van der Waals surface area contributed by atoms with Gasteiger partial charge in [0.05, 0.1) is 12.2 Å². The third-order valence-corrected chi connectivity index (χ3v) is 2.88. The normalized spacial score (nSPS) is 12.5. The van der Waals surface area contributed by atoms with Crippen molar-refractivity contribution >= 4 is 0 Å². The van der Waals surface area contributed by atoms with Crippen LogP contribution in [0.15, 0.2) is 30.6 Å². The quantitative estimate of drug-likeness (QED) is 0.887. The van der Waals surface area contributed by atoms with Crippen molar-refractivity contribution in [1.29, 1.82) is 0 Å². The number of nitrogens with two attached hydrogens (primary N) is 1. The van der Waals surface area contributed by atoms with E-state index in [1.54, 1.807) is 6.92 Å². The van der Waals surface area contributed by atoms with Crippen LogP contribution in [0.3, 0.4) is 0 Å². The fraction of sp³-hybridized carbons (Fsp3) is 0.214. The molecule has 0 fully saturated rings. The molecule has 2 N–H and O–H groups in total. The van der Waals surface area contributed by atoms with Crippen LogP contribution in [0.2, 0.25) is 0 Å². The van der Waals surface area contributed by atoms with Gasteiger partial charge in [-0.3, -0.25) is 4.98 Å². The Balaban J connectivity index is 2.49. The van der Waals surface area contributed by atoms with Crippen molar-refractivity contribution in [1.82, 2.24) is 4.98 Å². The average Bonchev–Trinajstić information content (AvgIpc) is 2.27. The molecule has 1 heterocycles. The average molecular weight is 248 g/mol. The minimum atomic E-state index is -0.714. The maximum atomic E-state index is 14.0. The minimum absolute atomic E-state index is 0.371. The molecule has 0 spiro atoms. The SMILES string of the molecule is Cc1cc(C)c(C(N)c2cncc(F)c2)c(F)c1. The summed E-state index contributed by atoms with van der Waals surface area (Å²) in [6.45, 7) is 3.60. The Morgan fingerprint density at radius 1 is 1.11 bits per heavy atom. The molecule has 2 rings (SSSR count). The van der Waals surface area contributed by atoms with Crippen molar-refractivity contribution in [2.45, 2.75) is 19.9 Å². The van der Waals surface area contributed by atoms with Crippen LogP contribution in [0.4, 0.5) is 8.78 Å². The highest BCUT2D eigenvalue weighted by atomic mass is 19.1. The van der Waals surface area contributed by atoms with Crippen molar-refractivity contribution in [3.8, 4) is 0 Å². The van der Waals surface area contributed by atoms with Crippen LogP contribution in [0, 0.1) is 25.5 Å². The van der Waals surface area contributed by atoms with Gasteiger partial charge >= 0.3 is 0 Å². The standard InChI is InChI=1S/C14H14F2N2/c1-8-3-9(2)13(12(16)4-8)14(17)10-5-11(15)7-18-6-10/h3-7,14H,17H2,1-2H3. The van der Waals surface area contributed by atoms with E-state index in [1.807, 2.05) is 13.0 Å². The number of aryl methyl sites for hydroxylation is 2. The van der Waals surface area contributed by atoms with Gasteiger partial charge in [0, 0.05) is 11.8 Å². The highest BCUT2D eigenvalue weighted by Crippen LogP contribution is 2.26. The van der Waals surface area contributed by atoms with Crippen LogP contribution >= 0.6 is 0 Å². The number of aromatic nitrogens is 1. The van der Waals surface area contributed by atoms with Crippen molar-refractivity contribution in [2.24, 2.45) is 5.73 Å². The summed E-state index contributed by atoms with van der Waals surface area (Å²) in [7, 11) is 0. The molecular weight excluding hydrogens is 234 g/mol. The van der Waals surface area contributed by atoms with E-state index in [1.165, 1.54) is 18.3 Å². The Bertz CT molecular complexity index is 559. The van der Waals surface area contributed by atoms with E-state index in [4.69, 9.17) is 5.73 Å². The van der Waals surface area contributed by atoms with E-state index in [0.717, 1.165) is 17.3 Å². The molecule has 1 aromatic carbocycles. The number of pyridine rings is 1. The van der Waals surface area contributed by atoms with Gasteiger partial charge in [-0.1, -0.05) is 6.07 Å². The van der Waals surface area contributed by atoms with Crippen LogP contribution in [-0.2, 0) is 0 Å². The first-order chi connectivity index (χ1) is 8.49. The molecule has 94 valence electrons. The van der Waals surface area contributed by atoms with E-state index in [2.05, 4.69) is 4.98 Å². The first-order valence-electron chi connectivity index (χ1n) is 5.61. The second-order valence-electron chi connectivity index (χ2n) is 4.39. The van der Waals surface area contributed by atoms with Crippen LogP contribution in [-0.4, -0.2) is 4.98 Å². The molecule has 0 bridgehead atoms. The van der Waals surface area contributed by atoms with Crippen LogP contribution in [0.25, 0.3) is 0 Å². The number of hydrogen-bond donors (Lipinski definition) is 1. The zero-order valence-corrected chi connectivity index (χ0v) is 10.2. The Hall–Kier alpha value is -1.81. The van der Waals surface area contributed by atoms with Gasteiger partial charge in [-0.05, 0) is 42.7 Å². The zero-order valence-electron chi connectivity index (χ0n) is 10.2. The molecule has 0 aliphatic heterocycles. The molecule has 0 radical (unpaired) electrons. The fourth-order valence-corrected chi connectivity index (χ4v) is 2.09. The van der Waals surface area contributed by atoms with Crippen LogP contribution in [0.5, 0.6) is 0 Å². The van der Waals surface area contributed by atoms with E-state index in [9.17, 15) is 8.78 Å². The third-order valence-electron chi connectivity index (χ3n) is 2.88. The monoisotopic (exact) mass is 248 g/mol. The molecule has 1 aromatic heterocycles. The zero-order chi connectivity index (χ0) is 13.3. The van der Waals surface area contributed by atoms with Crippen LogP contribution < -0.4 is 5.73 Å². The first kappa shape index (κ1) is 12.6. The summed E-state index contributed by atoms with van der Waals surface area (Å²) in [6.07, 6.45) is 2.54. The molecule has 18 heavy (non-hydrogen) atoms. The predicted octanol–water partition coefficient (Wildman–Crippen LogP) is 3.02. The summed E-state index contributed by atoms with van der Waals surface area (Å²) in [6, 6.07) is 3.84. The summed E-state index contributed by atoms with van der Waals surface area (Å²) < 4.78 is 27.1. The van der Waals surface area contributed by atoms with Gasteiger partial charge in [-0.25, -0.2) is 8.78 Å². The predicted molar refractivity (Wildman–Crippen MR) is 66.1 cm³/mol. The van der Waals surface area contributed by atoms with Crippen molar-refractivity contribution < 1.29 is 8.78 Å². The lowest BCUT2D eigenvalue weighted by Crippen LogP contribution is -2.16. The smallest absolute Gasteiger partial charge is 0.141 e. The van der Waals surface area contributed by atoms with Gasteiger partial charge in [0.1, 0.15) is 11.6 Å². The molecule has 4 heteroatoms. The highest BCUT2D eigenvalue weighted by molar-refractivity contribution is 5.39. The Morgan fingerprint density at radius 2 is 1.83 bits per heavy atom. The fourth-order valence-electron chi connectivity index (χ4n) is 2.09. The Kier molecular flexibility index (Phi) is 3.39. The van der Waals surface area contributed by atoms with Gasteiger partial charge < -0.3 is 5.73 Å². The highest BCUT2D eigenvalue weighted by Gasteiger charge is 2.17. The van der Waals surface area contributed by atoms with E-state index >= 15 is 0 Å². The summed E-state index contributed by atoms with van der Waals surface area (Å²) in [4.78, 5) is 3.73. The van der Waals surface area contributed by atoms with Crippen molar-refractivity contribution in [2.75, 3.05) is 0 Å². The second kappa shape index (κ2) is 4.82. The maximum Gasteiger partial charge on any atom is 0.141 e. The molecule has 0 saturated heterocycles. The van der Waals surface area contributed by atoms with Gasteiger partial charge in [0.25, 0.3) is 0 Å². The molecule has 0 aliphatic rings. The van der Waals surface area contributed by atoms with Crippen molar-refractivity contribution in [3.05, 3.63) is 64.5 Å². The molecule has 1 atom stereocenters. The lowest BCUT2D eigenvalue weighted by atomic mass is 9.95. The first-order valence-corrected chi connectivity index (χ1v) is 5.61. The maximum absolute atomic E-state index is 14.0. The lowest BCUT2D eigenvalue weighted by Gasteiger charge is -2.16. The summed E-state index contributed by atoms with van der Waals surface area (Å²) in [5.74, 6) is -0.850. The summed E-state index contributed by atoms with van der Waals surface area (Å²) >= 11 is 0. The molecular formula is C14H14F2N2. The van der Waals surface area contributed by atoms with Gasteiger partial charge in [0.15, 0.2) is 0 Å². The van der Waals surface area contributed by atoms with Crippen LogP contribution in [0.1, 0.15) is 28.3 Å². The van der Waals surface area contributed by atoms with Gasteiger partial charge in [0.2, 0.25) is 0 Å². The molecule has 2 aromatic rings. The number of nitrogens with zero attached hydrogens (tertiary/aromatic N) is 1. The largest absolute Gasteiger partial charge is 0.320 e. The van der Waals surface area contributed by atoms with E-state index in [-0.39, 0.29) is 5.82 Å². The Labute approximate surface area is 104 Å². The molecule has 0 aliphatic carbocycles. The molecule has 1 unspecified atom stereocenters.